The maximum atomic E-state index is 12.8. The summed E-state index contributed by atoms with van der Waals surface area (Å²) in [5.41, 5.74) is 1.73. The van der Waals surface area contributed by atoms with Gasteiger partial charge < -0.3 is 10.1 Å². The molecule has 0 saturated carbocycles. The fourth-order valence-electron chi connectivity index (χ4n) is 3.75. The molecule has 1 amide bonds. The number of ether oxygens (including phenoxy) is 1. The Morgan fingerprint density at radius 3 is 2.24 bits per heavy atom. The molecular weight excluding hydrogens is 438 g/mol. The van der Waals surface area contributed by atoms with E-state index in [-0.39, 0.29) is 35.2 Å². The molecule has 1 aliphatic heterocycles. The van der Waals surface area contributed by atoms with Gasteiger partial charge >= 0.3 is 0 Å². The minimum absolute atomic E-state index is 0.0721. The number of hydrogen-bond donors (Lipinski definition) is 1. The molecular formula is C25H31N3O4S. The van der Waals surface area contributed by atoms with E-state index in [0.717, 1.165) is 5.75 Å². The van der Waals surface area contributed by atoms with Crippen LogP contribution in [0, 0.1) is 17.2 Å². The molecule has 1 fully saturated rings. The highest BCUT2D eigenvalue weighted by atomic mass is 32.2. The SMILES string of the molecule is CC(C)(C)c1ccc(OCCNC(=O)C2CCN(S(=O)(=O)c3ccc(C#N)cc3)CC2)cc1. The predicted molar refractivity (Wildman–Crippen MR) is 126 cm³/mol. The monoisotopic (exact) mass is 469 g/mol. The van der Waals surface area contributed by atoms with Crippen molar-refractivity contribution in [3.8, 4) is 11.8 Å². The minimum Gasteiger partial charge on any atom is -0.492 e. The summed E-state index contributed by atoms with van der Waals surface area (Å²) in [7, 11) is -3.63. The number of rotatable bonds is 7. The second-order valence-electron chi connectivity index (χ2n) is 9.23. The first-order valence-electron chi connectivity index (χ1n) is 11.1. The predicted octanol–water partition coefficient (Wildman–Crippen LogP) is 3.45. The number of nitrogens with one attached hydrogen (secondary N) is 1. The standard InChI is InChI=1S/C25H31N3O4S/c1-25(2,3)21-6-8-22(9-7-21)32-17-14-27-24(29)20-12-15-28(16-13-20)33(30,31)23-10-4-19(18-26)5-11-23/h4-11,20H,12-17H2,1-3H3,(H,27,29). The van der Waals surface area contributed by atoms with Gasteiger partial charge in [0.15, 0.2) is 0 Å². The van der Waals surface area contributed by atoms with Crippen molar-refractivity contribution >= 4 is 15.9 Å². The summed E-state index contributed by atoms with van der Waals surface area (Å²) in [6.07, 6.45) is 0.937. The summed E-state index contributed by atoms with van der Waals surface area (Å²) in [6, 6.07) is 15.8. The van der Waals surface area contributed by atoms with E-state index < -0.39 is 10.0 Å². The van der Waals surface area contributed by atoms with E-state index in [1.807, 2.05) is 30.3 Å². The highest BCUT2D eigenvalue weighted by Gasteiger charge is 2.32. The van der Waals surface area contributed by atoms with Crippen molar-refractivity contribution in [2.75, 3.05) is 26.2 Å². The van der Waals surface area contributed by atoms with Crippen LogP contribution in [0.5, 0.6) is 5.75 Å². The summed E-state index contributed by atoms with van der Waals surface area (Å²) in [5.74, 6) is 0.471. The Kier molecular flexibility index (Phi) is 7.77. The lowest BCUT2D eigenvalue weighted by Gasteiger charge is -2.30. The van der Waals surface area contributed by atoms with Gasteiger partial charge in [-0.3, -0.25) is 4.79 Å². The smallest absolute Gasteiger partial charge is 0.243 e. The molecule has 3 rings (SSSR count). The molecule has 0 aromatic heterocycles. The Morgan fingerprint density at radius 1 is 1.09 bits per heavy atom. The number of hydrogen-bond acceptors (Lipinski definition) is 5. The van der Waals surface area contributed by atoms with E-state index in [1.54, 1.807) is 0 Å². The largest absolute Gasteiger partial charge is 0.492 e. The van der Waals surface area contributed by atoms with E-state index in [1.165, 1.54) is 34.1 Å². The number of carbonyl (C=O) groups excluding carboxylic acids is 1. The fourth-order valence-corrected chi connectivity index (χ4v) is 5.22. The van der Waals surface area contributed by atoms with E-state index in [4.69, 9.17) is 10.00 Å². The fraction of sp³-hybridized carbons (Fsp3) is 0.440. The zero-order chi connectivity index (χ0) is 24.1. The first-order valence-corrected chi connectivity index (χ1v) is 12.6. The number of sulfonamides is 1. The Balaban J connectivity index is 1.42. The molecule has 1 heterocycles. The molecule has 8 heteroatoms. The van der Waals surface area contributed by atoms with E-state index in [9.17, 15) is 13.2 Å². The van der Waals surface area contributed by atoms with Crippen LogP contribution in [0.1, 0.15) is 44.7 Å². The zero-order valence-electron chi connectivity index (χ0n) is 19.4. The van der Waals surface area contributed by atoms with E-state index in [2.05, 4.69) is 26.1 Å². The second kappa shape index (κ2) is 10.4. The normalized spacial score (nSPS) is 15.6. The molecule has 0 spiro atoms. The van der Waals surface area contributed by atoms with Gasteiger partial charge in [-0.2, -0.15) is 9.57 Å². The Labute approximate surface area is 196 Å². The Bertz CT molecular complexity index is 1090. The molecule has 0 radical (unpaired) electrons. The average molecular weight is 470 g/mol. The van der Waals surface area contributed by atoms with Crippen molar-refractivity contribution in [3.05, 3.63) is 59.7 Å². The van der Waals surface area contributed by atoms with Gasteiger partial charge in [-0.1, -0.05) is 32.9 Å². The lowest BCUT2D eigenvalue weighted by molar-refractivity contribution is -0.126. The van der Waals surface area contributed by atoms with Gasteiger partial charge in [0.1, 0.15) is 12.4 Å². The maximum absolute atomic E-state index is 12.8. The van der Waals surface area contributed by atoms with Crippen LogP contribution in [-0.4, -0.2) is 44.9 Å². The molecule has 0 unspecified atom stereocenters. The first kappa shape index (κ1) is 24.7. The maximum Gasteiger partial charge on any atom is 0.243 e. The van der Waals surface area contributed by atoms with E-state index >= 15 is 0 Å². The van der Waals surface area contributed by atoms with Gasteiger partial charge in [0.05, 0.1) is 23.1 Å². The topological polar surface area (TPSA) is 99.5 Å². The van der Waals surface area contributed by atoms with Crippen LogP contribution in [0.25, 0.3) is 0 Å². The van der Waals surface area contributed by atoms with Crippen LogP contribution in [0.15, 0.2) is 53.4 Å². The summed E-state index contributed by atoms with van der Waals surface area (Å²) in [6.45, 7) is 7.81. The van der Waals surface area contributed by atoms with Crippen molar-refractivity contribution < 1.29 is 17.9 Å². The molecule has 7 nitrogen and oxygen atoms in total. The molecule has 33 heavy (non-hydrogen) atoms. The van der Waals surface area contributed by atoms with Crippen LogP contribution >= 0.6 is 0 Å². The number of nitrogens with zero attached hydrogens (tertiary/aromatic N) is 2. The lowest BCUT2D eigenvalue weighted by atomic mass is 9.87. The third kappa shape index (κ3) is 6.34. The quantitative estimate of drug-likeness (QED) is 0.626. The molecule has 0 atom stereocenters. The number of piperidine rings is 1. The van der Waals surface area contributed by atoms with Gasteiger partial charge in [-0.05, 0) is 60.2 Å². The molecule has 1 aliphatic rings. The van der Waals surface area contributed by atoms with Crippen LogP contribution in [0.4, 0.5) is 0 Å². The van der Waals surface area contributed by atoms with Crippen molar-refractivity contribution in [1.82, 2.24) is 9.62 Å². The van der Waals surface area contributed by atoms with Crippen molar-refractivity contribution in [3.63, 3.8) is 0 Å². The van der Waals surface area contributed by atoms with Gasteiger partial charge in [0, 0.05) is 19.0 Å². The van der Waals surface area contributed by atoms with Crippen LogP contribution in [-0.2, 0) is 20.2 Å². The van der Waals surface area contributed by atoms with Gasteiger partial charge in [0.25, 0.3) is 0 Å². The van der Waals surface area contributed by atoms with Crippen molar-refractivity contribution in [2.45, 2.75) is 43.9 Å². The second-order valence-corrected chi connectivity index (χ2v) is 11.2. The highest BCUT2D eigenvalue weighted by Crippen LogP contribution is 2.25. The van der Waals surface area contributed by atoms with Crippen molar-refractivity contribution in [1.29, 1.82) is 5.26 Å². The molecule has 2 aromatic carbocycles. The Hall–Kier alpha value is -2.89. The van der Waals surface area contributed by atoms with Crippen LogP contribution in [0.2, 0.25) is 0 Å². The summed E-state index contributed by atoms with van der Waals surface area (Å²) >= 11 is 0. The molecule has 176 valence electrons. The third-order valence-corrected chi connectivity index (χ3v) is 7.75. The number of carbonyl (C=O) groups is 1. The Morgan fingerprint density at radius 2 is 1.70 bits per heavy atom. The molecule has 1 saturated heterocycles. The van der Waals surface area contributed by atoms with Gasteiger partial charge in [-0.25, -0.2) is 8.42 Å². The summed E-state index contributed by atoms with van der Waals surface area (Å²) in [5, 5.41) is 11.8. The average Bonchev–Trinajstić information content (AvgIpc) is 2.81. The first-order chi connectivity index (χ1) is 15.6. The molecule has 0 aliphatic carbocycles. The molecule has 1 N–H and O–H groups in total. The highest BCUT2D eigenvalue weighted by molar-refractivity contribution is 7.89. The minimum atomic E-state index is -3.63. The van der Waals surface area contributed by atoms with Crippen LogP contribution in [0.3, 0.4) is 0 Å². The number of benzene rings is 2. The van der Waals surface area contributed by atoms with Crippen molar-refractivity contribution in [2.24, 2.45) is 5.92 Å². The van der Waals surface area contributed by atoms with Gasteiger partial charge in [-0.15, -0.1) is 0 Å². The summed E-state index contributed by atoms with van der Waals surface area (Å²) in [4.78, 5) is 12.7. The van der Waals surface area contributed by atoms with Crippen LogP contribution < -0.4 is 10.1 Å². The third-order valence-electron chi connectivity index (χ3n) is 5.84. The van der Waals surface area contributed by atoms with E-state index in [0.29, 0.717) is 31.6 Å². The molecule has 2 aromatic rings. The summed E-state index contributed by atoms with van der Waals surface area (Å²) < 4.78 is 32.7. The van der Waals surface area contributed by atoms with Gasteiger partial charge in [0.2, 0.25) is 15.9 Å². The molecule has 0 bridgehead atoms. The number of nitriles is 1. The zero-order valence-corrected chi connectivity index (χ0v) is 20.2. The number of amides is 1. The lowest BCUT2D eigenvalue weighted by Crippen LogP contribution is -2.43.